The van der Waals surface area contributed by atoms with Gasteiger partial charge < -0.3 is 10.1 Å². The fraction of sp³-hybridized carbons (Fsp3) is 0.333. The maximum Gasteiger partial charge on any atom is 0.118 e. The Labute approximate surface area is 121 Å². The van der Waals surface area contributed by atoms with Gasteiger partial charge in [0.15, 0.2) is 0 Å². The average Bonchev–Trinajstić information content (AvgIpc) is 2.52. The predicted octanol–water partition coefficient (Wildman–Crippen LogP) is 3.98. The van der Waals surface area contributed by atoms with Gasteiger partial charge >= 0.3 is 0 Å². The Morgan fingerprint density at radius 2 is 1.70 bits per heavy atom. The van der Waals surface area contributed by atoms with Crippen LogP contribution in [-0.2, 0) is 6.42 Å². The molecule has 0 spiro atoms. The lowest BCUT2D eigenvalue weighted by atomic mass is 9.98. The Kier molecular flexibility index (Phi) is 5.63. The molecule has 2 rings (SSSR count). The SMILES string of the molecule is CCCNC(Cc1ccccc1)c1ccc(OC)cc1. The molecular formula is C18H23NO. The van der Waals surface area contributed by atoms with E-state index in [0.29, 0.717) is 6.04 Å². The largest absolute Gasteiger partial charge is 0.497 e. The molecule has 0 saturated carbocycles. The zero-order valence-corrected chi connectivity index (χ0v) is 12.3. The highest BCUT2D eigenvalue weighted by Crippen LogP contribution is 2.21. The summed E-state index contributed by atoms with van der Waals surface area (Å²) in [7, 11) is 1.70. The standard InChI is InChI=1S/C18H23NO/c1-3-13-19-18(14-15-7-5-4-6-8-15)16-9-11-17(20-2)12-10-16/h4-12,18-19H,3,13-14H2,1-2H3. The summed E-state index contributed by atoms with van der Waals surface area (Å²) in [4.78, 5) is 0. The minimum absolute atomic E-state index is 0.350. The molecule has 1 N–H and O–H groups in total. The second-order valence-corrected chi connectivity index (χ2v) is 4.97. The third-order valence-corrected chi connectivity index (χ3v) is 3.44. The van der Waals surface area contributed by atoms with E-state index in [0.717, 1.165) is 25.1 Å². The van der Waals surface area contributed by atoms with Crippen molar-refractivity contribution in [1.82, 2.24) is 5.32 Å². The summed E-state index contributed by atoms with van der Waals surface area (Å²) >= 11 is 0. The lowest BCUT2D eigenvalue weighted by molar-refractivity contribution is 0.414. The van der Waals surface area contributed by atoms with E-state index < -0.39 is 0 Å². The quantitative estimate of drug-likeness (QED) is 0.821. The number of hydrogen-bond acceptors (Lipinski definition) is 2. The third-order valence-electron chi connectivity index (χ3n) is 3.44. The highest BCUT2D eigenvalue weighted by molar-refractivity contribution is 5.30. The first-order valence-electron chi connectivity index (χ1n) is 7.24. The first-order chi connectivity index (χ1) is 9.83. The van der Waals surface area contributed by atoms with Crippen LogP contribution in [0.5, 0.6) is 5.75 Å². The Morgan fingerprint density at radius 3 is 2.30 bits per heavy atom. The van der Waals surface area contributed by atoms with Crippen molar-refractivity contribution in [2.75, 3.05) is 13.7 Å². The summed E-state index contributed by atoms with van der Waals surface area (Å²) in [5.74, 6) is 0.905. The second kappa shape index (κ2) is 7.71. The van der Waals surface area contributed by atoms with Crippen LogP contribution in [0.4, 0.5) is 0 Å². The number of ether oxygens (including phenoxy) is 1. The summed E-state index contributed by atoms with van der Waals surface area (Å²) < 4.78 is 5.23. The minimum Gasteiger partial charge on any atom is -0.497 e. The lowest BCUT2D eigenvalue weighted by Gasteiger charge is -2.19. The van der Waals surface area contributed by atoms with Crippen LogP contribution in [0.25, 0.3) is 0 Å². The Bertz CT molecular complexity index is 493. The topological polar surface area (TPSA) is 21.3 Å². The second-order valence-electron chi connectivity index (χ2n) is 4.97. The highest BCUT2D eigenvalue weighted by Gasteiger charge is 2.11. The van der Waals surface area contributed by atoms with Crippen LogP contribution < -0.4 is 10.1 Å². The van der Waals surface area contributed by atoms with Crippen molar-refractivity contribution in [3.8, 4) is 5.75 Å². The molecule has 0 heterocycles. The number of nitrogens with one attached hydrogen (secondary N) is 1. The average molecular weight is 269 g/mol. The lowest BCUT2D eigenvalue weighted by Crippen LogP contribution is -2.24. The van der Waals surface area contributed by atoms with Crippen molar-refractivity contribution in [3.63, 3.8) is 0 Å². The molecule has 106 valence electrons. The molecule has 1 unspecified atom stereocenters. The summed E-state index contributed by atoms with van der Waals surface area (Å²) in [6.45, 7) is 3.23. The van der Waals surface area contributed by atoms with Crippen LogP contribution in [0.15, 0.2) is 54.6 Å². The van der Waals surface area contributed by atoms with Gasteiger partial charge in [-0.1, -0.05) is 49.4 Å². The first-order valence-corrected chi connectivity index (χ1v) is 7.24. The number of rotatable bonds is 7. The molecule has 0 aliphatic heterocycles. The first kappa shape index (κ1) is 14.6. The van der Waals surface area contributed by atoms with Crippen LogP contribution in [0.1, 0.15) is 30.5 Å². The molecule has 0 radical (unpaired) electrons. The molecule has 0 aliphatic carbocycles. The van der Waals surface area contributed by atoms with Gasteiger partial charge in [-0.15, -0.1) is 0 Å². The van der Waals surface area contributed by atoms with E-state index in [9.17, 15) is 0 Å². The van der Waals surface area contributed by atoms with Crippen molar-refractivity contribution in [2.24, 2.45) is 0 Å². The predicted molar refractivity (Wildman–Crippen MR) is 84.2 cm³/mol. The molecule has 2 aromatic rings. The van der Waals surface area contributed by atoms with Crippen LogP contribution in [-0.4, -0.2) is 13.7 Å². The van der Waals surface area contributed by atoms with Gasteiger partial charge in [0.2, 0.25) is 0 Å². The van der Waals surface area contributed by atoms with E-state index in [1.54, 1.807) is 7.11 Å². The van der Waals surface area contributed by atoms with Gasteiger partial charge in [0.1, 0.15) is 5.75 Å². The van der Waals surface area contributed by atoms with Gasteiger partial charge in [0, 0.05) is 6.04 Å². The molecule has 2 aromatic carbocycles. The summed E-state index contributed by atoms with van der Waals surface area (Å²) in [6, 6.07) is 19.3. The van der Waals surface area contributed by atoms with Crippen molar-refractivity contribution in [1.29, 1.82) is 0 Å². The van der Waals surface area contributed by atoms with Crippen LogP contribution >= 0.6 is 0 Å². The molecule has 2 heteroatoms. The van der Waals surface area contributed by atoms with Gasteiger partial charge in [0.05, 0.1) is 7.11 Å². The monoisotopic (exact) mass is 269 g/mol. The Balaban J connectivity index is 2.13. The minimum atomic E-state index is 0.350. The Hall–Kier alpha value is -1.80. The highest BCUT2D eigenvalue weighted by atomic mass is 16.5. The van der Waals surface area contributed by atoms with E-state index in [1.807, 2.05) is 12.1 Å². The number of benzene rings is 2. The molecule has 0 bridgehead atoms. The van der Waals surface area contributed by atoms with E-state index in [-0.39, 0.29) is 0 Å². The van der Waals surface area contributed by atoms with E-state index in [4.69, 9.17) is 4.74 Å². The maximum atomic E-state index is 5.23. The third kappa shape index (κ3) is 4.10. The van der Waals surface area contributed by atoms with Gasteiger partial charge in [-0.25, -0.2) is 0 Å². The molecule has 1 atom stereocenters. The molecule has 0 aromatic heterocycles. The molecule has 20 heavy (non-hydrogen) atoms. The van der Waals surface area contributed by atoms with Crippen LogP contribution in [0, 0.1) is 0 Å². The molecule has 0 saturated heterocycles. The number of methoxy groups -OCH3 is 1. The van der Waals surface area contributed by atoms with Gasteiger partial charge in [0.25, 0.3) is 0 Å². The summed E-state index contributed by atoms with van der Waals surface area (Å²) in [5.41, 5.74) is 2.67. The molecule has 0 fully saturated rings. The van der Waals surface area contributed by atoms with E-state index in [2.05, 4.69) is 54.7 Å². The van der Waals surface area contributed by atoms with E-state index in [1.165, 1.54) is 11.1 Å². The van der Waals surface area contributed by atoms with E-state index >= 15 is 0 Å². The van der Waals surface area contributed by atoms with Crippen LogP contribution in [0.3, 0.4) is 0 Å². The maximum absolute atomic E-state index is 5.23. The number of hydrogen-bond donors (Lipinski definition) is 1. The fourth-order valence-corrected chi connectivity index (χ4v) is 2.31. The van der Waals surface area contributed by atoms with Crippen molar-refractivity contribution < 1.29 is 4.74 Å². The molecule has 0 aliphatic rings. The smallest absolute Gasteiger partial charge is 0.118 e. The van der Waals surface area contributed by atoms with Crippen molar-refractivity contribution >= 4 is 0 Å². The van der Waals surface area contributed by atoms with Gasteiger partial charge in [-0.05, 0) is 42.6 Å². The van der Waals surface area contributed by atoms with Crippen molar-refractivity contribution in [2.45, 2.75) is 25.8 Å². The van der Waals surface area contributed by atoms with Gasteiger partial charge in [-0.3, -0.25) is 0 Å². The Morgan fingerprint density at radius 1 is 1.00 bits per heavy atom. The normalized spacial score (nSPS) is 12.1. The summed E-state index contributed by atoms with van der Waals surface area (Å²) in [6.07, 6.45) is 2.15. The zero-order valence-electron chi connectivity index (χ0n) is 12.3. The molecule has 0 amide bonds. The van der Waals surface area contributed by atoms with Gasteiger partial charge in [-0.2, -0.15) is 0 Å². The zero-order chi connectivity index (χ0) is 14.2. The van der Waals surface area contributed by atoms with Crippen molar-refractivity contribution in [3.05, 3.63) is 65.7 Å². The fourth-order valence-electron chi connectivity index (χ4n) is 2.31. The van der Waals surface area contributed by atoms with Crippen LogP contribution in [0.2, 0.25) is 0 Å². The summed E-state index contributed by atoms with van der Waals surface area (Å²) in [5, 5.41) is 3.63. The molecular weight excluding hydrogens is 246 g/mol. The molecule has 2 nitrogen and oxygen atoms in total.